The van der Waals surface area contributed by atoms with E-state index in [4.69, 9.17) is 0 Å². The first-order valence-electron chi connectivity index (χ1n) is 8.68. The van der Waals surface area contributed by atoms with E-state index >= 15 is 0 Å². The molecule has 0 atom stereocenters. The minimum Gasteiger partial charge on any atom is -0.395 e. The van der Waals surface area contributed by atoms with Gasteiger partial charge in [0.1, 0.15) is 11.3 Å². The molecule has 0 aliphatic rings. The average Bonchev–Trinajstić information content (AvgIpc) is 3.03. The minimum absolute atomic E-state index is 0.0982. The van der Waals surface area contributed by atoms with Crippen LogP contribution in [0.1, 0.15) is 38.7 Å². The largest absolute Gasteiger partial charge is 0.395 e. The van der Waals surface area contributed by atoms with Crippen LogP contribution in [0.3, 0.4) is 0 Å². The Balaban J connectivity index is 2.01. The number of hydrogen-bond donors (Lipinski definition) is 1. The predicted molar refractivity (Wildman–Crippen MR) is 99.2 cm³/mol. The van der Waals surface area contributed by atoms with E-state index in [2.05, 4.69) is 10.1 Å². The number of carbonyl (C=O) groups excluding carboxylic acids is 1. The topological polar surface area (TPSA) is 75.7 Å². The summed E-state index contributed by atoms with van der Waals surface area (Å²) in [5, 5.41) is 13.9. The Kier molecular flexibility index (Phi) is 4.82. The Hall–Kier alpha value is -2.67. The molecule has 0 unspecified atom stereocenters. The summed E-state index contributed by atoms with van der Waals surface area (Å²) >= 11 is 0. The Labute approximate surface area is 152 Å². The summed E-state index contributed by atoms with van der Waals surface area (Å²) in [6, 6.07) is 3.91. The highest BCUT2D eigenvalue weighted by Gasteiger charge is 2.24. The maximum absolute atomic E-state index is 13.3. The minimum atomic E-state index is -0.143. The summed E-state index contributed by atoms with van der Waals surface area (Å²) in [6.45, 7) is 8.32. The molecule has 3 heterocycles. The van der Waals surface area contributed by atoms with Crippen LogP contribution in [-0.4, -0.2) is 48.2 Å². The number of nitrogens with zero attached hydrogens (tertiary/aromatic N) is 5. The van der Waals surface area contributed by atoms with Gasteiger partial charge in [-0.05, 0) is 45.4 Å². The van der Waals surface area contributed by atoms with Crippen LogP contribution in [0.4, 0.5) is 0 Å². The number of aliphatic hydroxyl groups excluding tert-OH is 1. The van der Waals surface area contributed by atoms with Crippen molar-refractivity contribution >= 4 is 11.6 Å². The highest BCUT2D eigenvalue weighted by molar-refractivity contribution is 5.94. The van der Waals surface area contributed by atoms with Crippen molar-refractivity contribution in [2.24, 2.45) is 7.05 Å². The van der Waals surface area contributed by atoms with E-state index in [9.17, 15) is 9.90 Å². The van der Waals surface area contributed by atoms with Gasteiger partial charge in [0.25, 0.3) is 5.91 Å². The average molecular weight is 355 g/mol. The molecule has 7 nitrogen and oxygen atoms in total. The molecule has 0 aliphatic heterocycles. The number of aliphatic hydroxyl groups is 1. The van der Waals surface area contributed by atoms with E-state index in [1.54, 1.807) is 4.90 Å². The fourth-order valence-electron chi connectivity index (χ4n) is 3.28. The first-order chi connectivity index (χ1) is 12.3. The van der Waals surface area contributed by atoms with Crippen molar-refractivity contribution in [1.29, 1.82) is 0 Å². The Morgan fingerprint density at radius 1 is 1.23 bits per heavy atom. The molecule has 0 saturated carbocycles. The van der Waals surface area contributed by atoms with Gasteiger partial charge < -0.3 is 10.0 Å². The van der Waals surface area contributed by atoms with Crippen LogP contribution in [0.5, 0.6) is 0 Å². The number of fused-ring (bicyclic) bond motifs is 1. The van der Waals surface area contributed by atoms with Crippen LogP contribution in [-0.2, 0) is 13.6 Å². The molecule has 1 amide bonds. The molecule has 0 aliphatic carbocycles. The molecule has 0 radical (unpaired) electrons. The highest BCUT2D eigenvalue weighted by Crippen LogP contribution is 2.19. The number of pyridine rings is 1. The van der Waals surface area contributed by atoms with Crippen molar-refractivity contribution in [2.45, 2.75) is 34.2 Å². The van der Waals surface area contributed by atoms with Crippen molar-refractivity contribution in [2.75, 3.05) is 13.2 Å². The lowest BCUT2D eigenvalue weighted by atomic mass is 10.1. The third kappa shape index (κ3) is 3.10. The third-order valence-electron chi connectivity index (χ3n) is 4.82. The summed E-state index contributed by atoms with van der Waals surface area (Å²) in [5.74, 6) is -0.143. The van der Waals surface area contributed by atoms with Crippen molar-refractivity contribution in [3.63, 3.8) is 0 Å². The normalized spacial score (nSPS) is 11.3. The lowest BCUT2D eigenvalue weighted by Crippen LogP contribution is -2.34. The standard InChI is InChI=1S/C19H25N5O2/c1-12-6-7-24-17(10-12)20-14(3)18(24)19(26)23(8-9-25)11-16-13(2)21-22(5)15(16)4/h6-7,10,25H,8-9,11H2,1-5H3. The van der Waals surface area contributed by atoms with Gasteiger partial charge in [-0.25, -0.2) is 4.98 Å². The van der Waals surface area contributed by atoms with Crippen LogP contribution >= 0.6 is 0 Å². The van der Waals surface area contributed by atoms with E-state index in [0.29, 0.717) is 17.9 Å². The second-order valence-electron chi connectivity index (χ2n) is 6.70. The van der Waals surface area contributed by atoms with E-state index in [-0.39, 0.29) is 19.1 Å². The summed E-state index contributed by atoms with van der Waals surface area (Å²) in [6.07, 6.45) is 1.87. The van der Waals surface area contributed by atoms with Crippen molar-refractivity contribution < 1.29 is 9.90 Å². The van der Waals surface area contributed by atoms with Gasteiger partial charge in [-0.15, -0.1) is 0 Å². The number of aromatic nitrogens is 4. The molecule has 138 valence electrons. The molecule has 3 rings (SSSR count). The van der Waals surface area contributed by atoms with Gasteiger partial charge in [-0.2, -0.15) is 5.10 Å². The molecule has 7 heteroatoms. The Morgan fingerprint density at radius 2 is 1.96 bits per heavy atom. The first kappa shape index (κ1) is 18.1. The summed E-state index contributed by atoms with van der Waals surface area (Å²) in [5.41, 5.74) is 5.99. The molecular formula is C19H25N5O2. The summed E-state index contributed by atoms with van der Waals surface area (Å²) in [7, 11) is 1.89. The van der Waals surface area contributed by atoms with Crippen LogP contribution in [0, 0.1) is 27.7 Å². The summed E-state index contributed by atoms with van der Waals surface area (Å²) in [4.78, 5) is 19.5. The lowest BCUT2D eigenvalue weighted by molar-refractivity contribution is 0.0699. The van der Waals surface area contributed by atoms with Crippen LogP contribution in [0.25, 0.3) is 5.65 Å². The molecule has 3 aromatic rings. The summed E-state index contributed by atoms with van der Waals surface area (Å²) < 4.78 is 3.63. The van der Waals surface area contributed by atoms with Gasteiger partial charge in [0.15, 0.2) is 0 Å². The monoisotopic (exact) mass is 355 g/mol. The number of rotatable bonds is 5. The lowest BCUT2D eigenvalue weighted by Gasteiger charge is -2.22. The zero-order valence-corrected chi connectivity index (χ0v) is 15.9. The molecule has 26 heavy (non-hydrogen) atoms. The van der Waals surface area contributed by atoms with E-state index in [1.165, 1.54) is 0 Å². The number of imidazole rings is 1. The van der Waals surface area contributed by atoms with Crippen LogP contribution < -0.4 is 0 Å². The van der Waals surface area contributed by atoms with Gasteiger partial charge in [-0.3, -0.25) is 13.9 Å². The highest BCUT2D eigenvalue weighted by atomic mass is 16.3. The number of amides is 1. The molecule has 0 aromatic carbocycles. The third-order valence-corrected chi connectivity index (χ3v) is 4.82. The first-order valence-corrected chi connectivity index (χ1v) is 8.68. The molecule has 0 fully saturated rings. The fraction of sp³-hybridized carbons (Fsp3) is 0.421. The van der Waals surface area contributed by atoms with Crippen LogP contribution in [0.2, 0.25) is 0 Å². The van der Waals surface area contributed by atoms with Crippen molar-refractivity contribution in [1.82, 2.24) is 24.1 Å². The van der Waals surface area contributed by atoms with Gasteiger partial charge in [0.2, 0.25) is 0 Å². The van der Waals surface area contributed by atoms with Crippen LogP contribution in [0.15, 0.2) is 18.3 Å². The van der Waals surface area contributed by atoms with E-state index in [0.717, 1.165) is 28.2 Å². The van der Waals surface area contributed by atoms with Gasteiger partial charge in [0, 0.05) is 37.6 Å². The predicted octanol–water partition coefficient (Wildman–Crippen LogP) is 1.94. The maximum Gasteiger partial charge on any atom is 0.273 e. The molecule has 0 spiro atoms. The Morgan fingerprint density at radius 3 is 2.58 bits per heavy atom. The van der Waals surface area contributed by atoms with Crippen molar-refractivity contribution in [3.8, 4) is 0 Å². The Bertz CT molecular complexity index is 970. The molecule has 0 saturated heterocycles. The molecule has 0 bridgehead atoms. The second kappa shape index (κ2) is 6.92. The smallest absolute Gasteiger partial charge is 0.273 e. The van der Waals surface area contributed by atoms with E-state index in [1.807, 2.05) is 62.2 Å². The molecular weight excluding hydrogens is 330 g/mol. The van der Waals surface area contributed by atoms with E-state index < -0.39 is 0 Å². The number of carbonyl (C=O) groups is 1. The zero-order chi connectivity index (χ0) is 19.0. The maximum atomic E-state index is 13.3. The molecule has 3 aromatic heterocycles. The molecule has 1 N–H and O–H groups in total. The number of aryl methyl sites for hydroxylation is 4. The van der Waals surface area contributed by atoms with Gasteiger partial charge >= 0.3 is 0 Å². The van der Waals surface area contributed by atoms with Gasteiger partial charge in [0.05, 0.1) is 18.0 Å². The van der Waals surface area contributed by atoms with Crippen molar-refractivity contribution in [3.05, 3.63) is 52.2 Å². The number of hydrogen-bond acceptors (Lipinski definition) is 4. The second-order valence-corrected chi connectivity index (χ2v) is 6.70. The van der Waals surface area contributed by atoms with Gasteiger partial charge in [-0.1, -0.05) is 0 Å². The zero-order valence-electron chi connectivity index (χ0n) is 15.9. The quantitative estimate of drug-likeness (QED) is 0.759. The SMILES string of the molecule is Cc1ccn2c(C(=O)N(CCO)Cc3c(C)nn(C)c3C)c(C)nc2c1. The fourth-order valence-corrected chi connectivity index (χ4v) is 3.28.